The number of benzene rings is 1. The van der Waals surface area contributed by atoms with Gasteiger partial charge in [-0.05, 0) is 31.0 Å². The van der Waals surface area contributed by atoms with Crippen molar-refractivity contribution in [3.63, 3.8) is 0 Å². The Morgan fingerprint density at radius 3 is 1.65 bits per heavy atom. The van der Waals surface area contributed by atoms with Gasteiger partial charge in [0.25, 0.3) is 0 Å². The molecule has 0 fully saturated rings. The van der Waals surface area contributed by atoms with Gasteiger partial charge in [0.15, 0.2) is 0 Å². The molecule has 0 atom stereocenters. The summed E-state index contributed by atoms with van der Waals surface area (Å²) < 4.78 is 11.6. The van der Waals surface area contributed by atoms with Crippen molar-refractivity contribution in [3.8, 4) is 22.9 Å². The molecule has 6 nitrogen and oxygen atoms in total. The second-order valence-electron chi connectivity index (χ2n) is 6.50. The number of nitrogens with zero attached hydrogens (tertiary/aromatic N) is 4. The van der Waals surface area contributed by atoms with Gasteiger partial charge in [-0.2, -0.15) is 0 Å². The molecule has 0 saturated carbocycles. The summed E-state index contributed by atoms with van der Waals surface area (Å²) in [6.45, 7) is 4.36. The second kappa shape index (κ2) is 9.27. The lowest BCUT2D eigenvalue weighted by Gasteiger charge is -1.98. The number of aromatic nitrogens is 4. The Hall–Kier alpha value is -2.50. The Morgan fingerprint density at radius 2 is 1.19 bits per heavy atom. The van der Waals surface area contributed by atoms with Crippen LogP contribution in [0, 0.1) is 0 Å². The van der Waals surface area contributed by atoms with Crippen LogP contribution in [-0.2, 0) is 12.8 Å². The number of unbranched alkanes of at least 4 members (excludes halogenated alkanes) is 4. The van der Waals surface area contributed by atoms with Crippen LogP contribution in [0.3, 0.4) is 0 Å². The summed E-state index contributed by atoms with van der Waals surface area (Å²) in [6, 6.07) is 7.79. The minimum absolute atomic E-state index is 0.529. The van der Waals surface area contributed by atoms with E-state index in [4.69, 9.17) is 8.83 Å². The van der Waals surface area contributed by atoms with Crippen molar-refractivity contribution in [1.82, 2.24) is 20.4 Å². The standard InChI is InChI=1S/C20H26N4O2/c1-3-5-7-12-17-21-23-19(25-17)15-10-9-11-16(14-15)20-24-22-18(26-20)13-8-6-4-2/h9-11,14H,3-8,12-13H2,1-2H3. The molecule has 0 N–H and O–H groups in total. The van der Waals surface area contributed by atoms with E-state index in [1.165, 1.54) is 25.7 Å². The molecule has 0 aliphatic heterocycles. The lowest BCUT2D eigenvalue weighted by molar-refractivity contribution is 0.491. The van der Waals surface area contributed by atoms with Gasteiger partial charge in [0.05, 0.1) is 0 Å². The fraction of sp³-hybridized carbons (Fsp3) is 0.500. The van der Waals surface area contributed by atoms with Crippen LogP contribution in [0.15, 0.2) is 33.1 Å². The van der Waals surface area contributed by atoms with Crippen LogP contribution >= 0.6 is 0 Å². The number of hydrogen-bond donors (Lipinski definition) is 0. The summed E-state index contributed by atoms with van der Waals surface area (Å²) >= 11 is 0. The van der Waals surface area contributed by atoms with E-state index in [2.05, 4.69) is 34.2 Å². The van der Waals surface area contributed by atoms with Crippen molar-refractivity contribution < 1.29 is 8.83 Å². The molecule has 0 spiro atoms. The molecule has 2 aromatic heterocycles. The van der Waals surface area contributed by atoms with Gasteiger partial charge < -0.3 is 8.83 Å². The van der Waals surface area contributed by atoms with Gasteiger partial charge in [-0.3, -0.25) is 0 Å². The second-order valence-corrected chi connectivity index (χ2v) is 6.50. The van der Waals surface area contributed by atoms with Crippen LogP contribution in [0.1, 0.15) is 64.2 Å². The van der Waals surface area contributed by atoms with E-state index in [9.17, 15) is 0 Å². The third-order valence-corrected chi connectivity index (χ3v) is 4.28. The molecule has 0 saturated heterocycles. The SMILES string of the molecule is CCCCCc1nnc(-c2cccc(-c3nnc(CCCCC)o3)c2)o1. The summed E-state index contributed by atoms with van der Waals surface area (Å²) in [4.78, 5) is 0. The molecule has 0 amide bonds. The predicted octanol–water partition coefficient (Wildman–Crippen LogP) is 5.25. The quantitative estimate of drug-likeness (QED) is 0.463. The third kappa shape index (κ3) is 4.77. The van der Waals surface area contributed by atoms with E-state index in [0.717, 1.165) is 36.8 Å². The van der Waals surface area contributed by atoms with Crippen LogP contribution in [0.4, 0.5) is 0 Å². The smallest absolute Gasteiger partial charge is 0.247 e. The van der Waals surface area contributed by atoms with E-state index >= 15 is 0 Å². The van der Waals surface area contributed by atoms with Crippen LogP contribution in [0.5, 0.6) is 0 Å². The van der Waals surface area contributed by atoms with Crippen LogP contribution in [0.2, 0.25) is 0 Å². The van der Waals surface area contributed by atoms with Crippen molar-refractivity contribution in [1.29, 1.82) is 0 Å². The van der Waals surface area contributed by atoms with Gasteiger partial charge in [-0.25, -0.2) is 0 Å². The minimum Gasteiger partial charge on any atom is -0.421 e. The highest BCUT2D eigenvalue weighted by Gasteiger charge is 2.13. The van der Waals surface area contributed by atoms with Crippen molar-refractivity contribution in [2.45, 2.75) is 65.2 Å². The van der Waals surface area contributed by atoms with E-state index in [1.807, 2.05) is 24.3 Å². The lowest BCUT2D eigenvalue weighted by Crippen LogP contribution is -1.84. The molecule has 0 unspecified atom stereocenters. The Labute approximate surface area is 154 Å². The zero-order chi connectivity index (χ0) is 18.2. The maximum atomic E-state index is 5.79. The maximum absolute atomic E-state index is 5.79. The highest BCUT2D eigenvalue weighted by molar-refractivity contribution is 5.63. The average molecular weight is 354 g/mol. The first kappa shape index (κ1) is 18.3. The van der Waals surface area contributed by atoms with Crippen molar-refractivity contribution >= 4 is 0 Å². The molecule has 138 valence electrons. The maximum Gasteiger partial charge on any atom is 0.247 e. The molecular weight excluding hydrogens is 328 g/mol. The molecule has 3 rings (SSSR count). The third-order valence-electron chi connectivity index (χ3n) is 4.28. The molecular formula is C20H26N4O2. The fourth-order valence-electron chi connectivity index (χ4n) is 2.78. The van der Waals surface area contributed by atoms with E-state index in [-0.39, 0.29) is 0 Å². The summed E-state index contributed by atoms with van der Waals surface area (Å²) in [5, 5.41) is 16.6. The summed E-state index contributed by atoms with van der Waals surface area (Å²) in [6.07, 6.45) is 8.48. The number of aryl methyl sites for hydroxylation is 2. The van der Waals surface area contributed by atoms with Gasteiger partial charge in [0.1, 0.15) is 0 Å². The van der Waals surface area contributed by atoms with Crippen LogP contribution in [-0.4, -0.2) is 20.4 Å². The van der Waals surface area contributed by atoms with Crippen LogP contribution in [0.25, 0.3) is 22.9 Å². The first-order valence-corrected chi connectivity index (χ1v) is 9.55. The first-order chi connectivity index (χ1) is 12.8. The molecule has 0 bridgehead atoms. The highest BCUT2D eigenvalue weighted by Crippen LogP contribution is 2.25. The molecule has 0 aliphatic rings. The Kier molecular flexibility index (Phi) is 6.52. The predicted molar refractivity (Wildman–Crippen MR) is 99.5 cm³/mol. The van der Waals surface area contributed by atoms with Gasteiger partial charge >= 0.3 is 0 Å². The zero-order valence-electron chi connectivity index (χ0n) is 15.6. The summed E-state index contributed by atoms with van der Waals surface area (Å²) in [5.41, 5.74) is 1.73. The van der Waals surface area contributed by atoms with Gasteiger partial charge in [-0.1, -0.05) is 45.6 Å². The Bertz CT molecular complexity index is 746. The Balaban J connectivity index is 1.70. The molecule has 0 aliphatic carbocycles. The van der Waals surface area contributed by atoms with Crippen molar-refractivity contribution in [3.05, 3.63) is 36.0 Å². The fourth-order valence-corrected chi connectivity index (χ4v) is 2.78. The van der Waals surface area contributed by atoms with Gasteiger partial charge in [-0.15, -0.1) is 20.4 Å². The summed E-state index contributed by atoms with van der Waals surface area (Å²) in [7, 11) is 0. The largest absolute Gasteiger partial charge is 0.421 e. The molecule has 26 heavy (non-hydrogen) atoms. The van der Waals surface area contributed by atoms with Crippen LogP contribution < -0.4 is 0 Å². The van der Waals surface area contributed by atoms with E-state index in [1.54, 1.807) is 0 Å². The number of rotatable bonds is 10. The normalized spacial score (nSPS) is 11.2. The number of hydrogen-bond acceptors (Lipinski definition) is 6. The van der Waals surface area contributed by atoms with Gasteiger partial charge in [0.2, 0.25) is 23.6 Å². The molecule has 2 heterocycles. The average Bonchev–Trinajstić information content (AvgIpc) is 3.32. The molecule has 1 aromatic carbocycles. The Morgan fingerprint density at radius 1 is 0.692 bits per heavy atom. The molecule has 6 heteroatoms. The van der Waals surface area contributed by atoms with Crippen molar-refractivity contribution in [2.75, 3.05) is 0 Å². The minimum atomic E-state index is 0.529. The first-order valence-electron chi connectivity index (χ1n) is 9.55. The molecule has 3 aromatic rings. The summed E-state index contributed by atoms with van der Waals surface area (Å²) in [5.74, 6) is 2.44. The van der Waals surface area contributed by atoms with E-state index < -0.39 is 0 Å². The monoisotopic (exact) mass is 354 g/mol. The lowest BCUT2D eigenvalue weighted by atomic mass is 10.1. The zero-order valence-corrected chi connectivity index (χ0v) is 15.6. The van der Waals surface area contributed by atoms with Gasteiger partial charge in [0, 0.05) is 24.0 Å². The highest BCUT2D eigenvalue weighted by atomic mass is 16.4. The van der Waals surface area contributed by atoms with Crippen molar-refractivity contribution in [2.24, 2.45) is 0 Å². The van der Waals surface area contributed by atoms with E-state index in [0.29, 0.717) is 23.6 Å². The molecule has 0 radical (unpaired) electrons. The topological polar surface area (TPSA) is 77.8 Å².